The van der Waals surface area contributed by atoms with Crippen molar-refractivity contribution in [1.82, 2.24) is 20.1 Å². The van der Waals surface area contributed by atoms with Gasteiger partial charge in [0.2, 0.25) is 0 Å². The van der Waals surface area contributed by atoms with E-state index in [0.29, 0.717) is 6.04 Å². The van der Waals surface area contributed by atoms with Crippen molar-refractivity contribution in [1.29, 1.82) is 0 Å². The molecule has 0 radical (unpaired) electrons. The number of rotatable bonds is 3. The topological polar surface area (TPSA) is 62.7 Å². The van der Waals surface area contributed by atoms with Gasteiger partial charge in [0.1, 0.15) is 5.82 Å². The average Bonchev–Trinajstić information content (AvgIpc) is 2.61. The summed E-state index contributed by atoms with van der Waals surface area (Å²) in [6.45, 7) is 2.06. The second-order valence-electron chi connectivity index (χ2n) is 4.67. The molecule has 0 aliphatic heterocycles. The van der Waals surface area contributed by atoms with Crippen molar-refractivity contribution in [2.75, 3.05) is 0 Å². The van der Waals surface area contributed by atoms with E-state index < -0.39 is 0 Å². The number of nitrogens with zero attached hydrogens (tertiary/aromatic N) is 2. The summed E-state index contributed by atoms with van der Waals surface area (Å²) >= 11 is 0. The summed E-state index contributed by atoms with van der Waals surface area (Å²) in [4.78, 5) is 11.3. The molecule has 90 valence electrons. The van der Waals surface area contributed by atoms with Crippen LogP contribution in [0.15, 0.2) is 4.79 Å². The van der Waals surface area contributed by atoms with Crippen LogP contribution >= 0.6 is 0 Å². The highest BCUT2D eigenvalue weighted by atomic mass is 16.1. The van der Waals surface area contributed by atoms with Crippen LogP contribution in [-0.4, -0.2) is 20.8 Å². The van der Waals surface area contributed by atoms with Gasteiger partial charge < -0.3 is 5.32 Å². The fourth-order valence-electron chi connectivity index (χ4n) is 2.44. The molecule has 1 aliphatic carbocycles. The maximum Gasteiger partial charge on any atom is 0.343 e. The Balaban J connectivity index is 1.99. The zero-order valence-corrected chi connectivity index (χ0v) is 9.99. The van der Waals surface area contributed by atoms with Crippen LogP contribution in [0.3, 0.4) is 0 Å². The molecular weight excluding hydrogens is 204 g/mol. The van der Waals surface area contributed by atoms with Crippen LogP contribution < -0.4 is 11.0 Å². The van der Waals surface area contributed by atoms with Gasteiger partial charge in [-0.1, -0.05) is 19.3 Å². The van der Waals surface area contributed by atoms with Gasteiger partial charge in [0, 0.05) is 13.1 Å². The molecule has 1 aromatic rings. The van der Waals surface area contributed by atoms with Crippen molar-refractivity contribution in [2.45, 2.75) is 51.1 Å². The maximum absolute atomic E-state index is 11.3. The first kappa shape index (κ1) is 11.4. The Hall–Kier alpha value is -1.10. The van der Waals surface area contributed by atoms with Crippen LogP contribution in [0.5, 0.6) is 0 Å². The third kappa shape index (κ3) is 2.35. The van der Waals surface area contributed by atoms with E-state index >= 15 is 0 Å². The molecule has 1 fully saturated rings. The number of nitrogens with one attached hydrogen (secondary N) is 2. The van der Waals surface area contributed by atoms with Crippen LogP contribution in [0.2, 0.25) is 0 Å². The molecule has 1 aromatic heterocycles. The van der Waals surface area contributed by atoms with Gasteiger partial charge >= 0.3 is 5.69 Å². The van der Waals surface area contributed by atoms with E-state index in [1.807, 2.05) is 0 Å². The standard InChI is InChI=1S/C11H20N4O/c1-8(10-13-14-11(16)15(10)2)12-9-6-4-3-5-7-9/h8-9,12H,3-7H2,1-2H3,(H,14,16). The van der Waals surface area contributed by atoms with E-state index in [2.05, 4.69) is 22.4 Å². The van der Waals surface area contributed by atoms with Crippen molar-refractivity contribution in [2.24, 2.45) is 7.05 Å². The van der Waals surface area contributed by atoms with E-state index in [9.17, 15) is 4.79 Å². The minimum absolute atomic E-state index is 0.132. The van der Waals surface area contributed by atoms with Crippen LogP contribution in [0.1, 0.15) is 50.9 Å². The highest BCUT2D eigenvalue weighted by molar-refractivity contribution is 4.93. The van der Waals surface area contributed by atoms with E-state index in [4.69, 9.17) is 0 Å². The molecule has 0 spiro atoms. The summed E-state index contributed by atoms with van der Waals surface area (Å²) in [6.07, 6.45) is 6.45. The van der Waals surface area contributed by atoms with Gasteiger partial charge in [0.15, 0.2) is 0 Å². The lowest BCUT2D eigenvalue weighted by molar-refractivity contribution is 0.339. The number of hydrogen-bond acceptors (Lipinski definition) is 3. The predicted octanol–water partition coefficient (Wildman–Crippen LogP) is 1.09. The number of aromatic amines is 1. The number of aromatic nitrogens is 3. The van der Waals surface area contributed by atoms with Crippen molar-refractivity contribution in [3.05, 3.63) is 16.3 Å². The molecule has 1 saturated carbocycles. The van der Waals surface area contributed by atoms with Crippen LogP contribution in [0.4, 0.5) is 0 Å². The molecule has 2 N–H and O–H groups in total. The second-order valence-corrected chi connectivity index (χ2v) is 4.67. The first-order chi connectivity index (χ1) is 7.68. The zero-order chi connectivity index (χ0) is 11.5. The molecule has 5 nitrogen and oxygen atoms in total. The maximum atomic E-state index is 11.3. The lowest BCUT2D eigenvalue weighted by Gasteiger charge is -2.26. The predicted molar refractivity (Wildman–Crippen MR) is 62.3 cm³/mol. The molecule has 1 unspecified atom stereocenters. The fourth-order valence-corrected chi connectivity index (χ4v) is 2.44. The summed E-state index contributed by atoms with van der Waals surface area (Å²) < 4.78 is 1.57. The molecule has 1 atom stereocenters. The summed E-state index contributed by atoms with van der Waals surface area (Å²) in [5.74, 6) is 0.788. The van der Waals surface area contributed by atoms with E-state index in [0.717, 1.165) is 5.82 Å². The third-order valence-electron chi connectivity index (χ3n) is 3.39. The highest BCUT2D eigenvalue weighted by Crippen LogP contribution is 2.20. The molecule has 0 amide bonds. The molecule has 0 bridgehead atoms. The van der Waals surface area contributed by atoms with Gasteiger partial charge in [-0.2, -0.15) is 5.10 Å². The van der Waals surface area contributed by atoms with Gasteiger partial charge in [-0.15, -0.1) is 0 Å². The molecule has 1 aliphatic rings. The minimum Gasteiger partial charge on any atom is -0.305 e. The van der Waals surface area contributed by atoms with E-state index in [-0.39, 0.29) is 11.7 Å². The van der Waals surface area contributed by atoms with E-state index in [1.54, 1.807) is 11.6 Å². The van der Waals surface area contributed by atoms with Gasteiger partial charge in [-0.25, -0.2) is 9.89 Å². The van der Waals surface area contributed by atoms with Crippen LogP contribution in [0, 0.1) is 0 Å². The summed E-state index contributed by atoms with van der Waals surface area (Å²) in [7, 11) is 1.75. The smallest absolute Gasteiger partial charge is 0.305 e. The summed E-state index contributed by atoms with van der Waals surface area (Å²) in [6, 6.07) is 0.711. The minimum atomic E-state index is -0.146. The molecule has 0 aromatic carbocycles. The Kier molecular flexibility index (Phi) is 3.43. The molecule has 16 heavy (non-hydrogen) atoms. The fraction of sp³-hybridized carbons (Fsp3) is 0.818. The normalized spacial score (nSPS) is 19.9. The Morgan fingerprint density at radius 1 is 1.44 bits per heavy atom. The van der Waals surface area contributed by atoms with Gasteiger partial charge in [-0.3, -0.25) is 4.57 Å². The Morgan fingerprint density at radius 2 is 2.12 bits per heavy atom. The van der Waals surface area contributed by atoms with Crippen molar-refractivity contribution >= 4 is 0 Å². The quantitative estimate of drug-likeness (QED) is 0.808. The lowest BCUT2D eigenvalue weighted by atomic mass is 9.95. The first-order valence-electron chi connectivity index (χ1n) is 6.06. The third-order valence-corrected chi connectivity index (χ3v) is 3.39. The molecular formula is C11H20N4O. The van der Waals surface area contributed by atoms with Crippen LogP contribution in [0.25, 0.3) is 0 Å². The Labute approximate surface area is 95.2 Å². The average molecular weight is 224 g/mol. The molecule has 2 rings (SSSR count). The Morgan fingerprint density at radius 3 is 2.69 bits per heavy atom. The van der Waals surface area contributed by atoms with Gasteiger partial charge in [0.25, 0.3) is 0 Å². The van der Waals surface area contributed by atoms with Crippen LogP contribution in [-0.2, 0) is 7.05 Å². The Bertz CT molecular complexity index is 389. The number of hydrogen-bond donors (Lipinski definition) is 2. The SMILES string of the molecule is CC(NC1CCCCC1)c1n[nH]c(=O)n1C. The molecule has 1 heterocycles. The first-order valence-corrected chi connectivity index (χ1v) is 6.06. The van der Waals surface area contributed by atoms with Gasteiger partial charge in [-0.05, 0) is 19.8 Å². The molecule has 0 saturated heterocycles. The lowest BCUT2D eigenvalue weighted by Crippen LogP contribution is -2.34. The van der Waals surface area contributed by atoms with Gasteiger partial charge in [0.05, 0.1) is 6.04 Å². The second kappa shape index (κ2) is 4.82. The van der Waals surface area contributed by atoms with E-state index in [1.165, 1.54) is 32.1 Å². The zero-order valence-electron chi connectivity index (χ0n) is 9.99. The number of H-pyrrole nitrogens is 1. The van der Waals surface area contributed by atoms with Crippen molar-refractivity contribution < 1.29 is 0 Å². The molecule has 5 heteroatoms. The van der Waals surface area contributed by atoms with Crippen molar-refractivity contribution in [3.63, 3.8) is 0 Å². The highest BCUT2D eigenvalue weighted by Gasteiger charge is 2.19. The summed E-state index contributed by atoms with van der Waals surface area (Å²) in [5, 5.41) is 10.1. The monoisotopic (exact) mass is 224 g/mol. The van der Waals surface area contributed by atoms with Crippen molar-refractivity contribution in [3.8, 4) is 0 Å². The largest absolute Gasteiger partial charge is 0.343 e. The summed E-state index contributed by atoms with van der Waals surface area (Å²) in [5.41, 5.74) is -0.146.